The highest BCUT2D eigenvalue weighted by Crippen LogP contribution is 2.36. The van der Waals surface area contributed by atoms with E-state index >= 15 is 0 Å². The van der Waals surface area contributed by atoms with Gasteiger partial charge in [-0.1, -0.05) is 0 Å². The van der Waals surface area contributed by atoms with Gasteiger partial charge in [0, 0.05) is 6.20 Å². The minimum atomic E-state index is -1.18. The molecule has 0 radical (unpaired) electrons. The lowest BCUT2D eigenvalue weighted by atomic mass is 10.2. The second-order valence-corrected chi connectivity index (χ2v) is 3.71. The van der Waals surface area contributed by atoms with Gasteiger partial charge in [0.2, 0.25) is 5.91 Å². The van der Waals surface area contributed by atoms with E-state index in [9.17, 15) is 9.59 Å². The van der Waals surface area contributed by atoms with Gasteiger partial charge in [0.15, 0.2) is 0 Å². The van der Waals surface area contributed by atoms with Crippen molar-refractivity contribution in [2.24, 2.45) is 0 Å². The molecule has 1 aliphatic rings. The molecule has 0 bridgehead atoms. The molecule has 1 aliphatic carbocycles. The number of hydrogen-bond acceptors (Lipinski definition) is 3. The molecule has 0 saturated heterocycles. The van der Waals surface area contributed by atoms with Crippen LogP contribution in [0.5, 0.6) is 0 Å². The number of hydrogen-bond donors (Lipinski definition) is 3. The number of rotatable bonds is 3. The summed E-state index contributed by atoms with van der Waals surface area (Å²) >= 11 is 0. The van der Waals surface area contributed by atoms with E-state index in [-0.39, 0.29) is 5.91 Å². The Morgan fingerprint density at radius 3 is 2.69 bits per heavy atom. The van der Waals surface area contributed by atoms with Crippen molar-refractivity contribution in [3.05, 3.63) is 24.5 Å². The van der Waals surface area contributed by atoms with Crippen molar-refractivity contribution in [1.82, 2.24) is 10.3 Å². The Morgan fingerprint density at radius 2 is 2.19 bits per heavy atom. The topological polar surface area (TPSA) is 91.3 Å². The molecule has 1 fully saturated rings. The lowest BCUT2D eigenvalue weighted by molar-refractivity contribution is -0.119. The number of nitrogens with one attached hydrogen (secondary N) is 2. The quantitative estimate of drug-likeness (QED) is 0.704. The summed E-state index contributed by atoms with van der Waals surface area (Å²) < 4.78 is 0. The lowest BCUT2D eigenvalue weighted by Crippen LogP contribution is -2.45. The van der Waals surface area contributed by atoms with Crippen molar-refractivity contribution in [2.75, 3.05) is 5.32 Å². The summed E-state index contributed by atoms with van der Waals surface area (Å²) in [4.78, 5) is 26.1. The van der Waals surface area contributed by atoms with E-state index in [1.54, 1.807) is 18.3 Å². The molecule has 0 aromatic carbocycles. The van der Waals surface area contributed by atoms with Gasteiger partial charge < -0.3 is 15.7 Å². The number of amides is 2. The Balaban J connectivity index is 2.01. The fraction of sp³-hybridized carbons (Fsp3) is 0.300. The maximum absolute atomic E-state index is 11.8. The Morgan fingerprint density at radius 1 is 1.44 bits per heavy atom. The number of aromatic nitrogens is 1. The Bertz CT molecular complexity index is 415. The van der Waals surface area contributed by atoms with Crippen LogP contribution in [0.25, 0.3) is 0 Å². The molecule has 6 heteroatoms. The molecular formula is C10H11N3O3. The summed E-state index contributed by atoms with van der Waals surface area (Å²) in [5.74, 6) is -0.331. The first-order chi connectivity index (χ1) is 7.62. The van der Waals surface area contributed by atoms with Crippen LogP contribution in [0.4, 0.5) is 10.5 Å². The number of carboxylic acid groups (broad SMARTS) is 1. The first-order valence-corrected chi connectivity index (χ1v) is 4.85. The molecule has 16 heavy (non-hydrogen) atoms. The van der Waals surface area contributed by atoms with Gasteiger partial charge in [-0.2, -0.15) is 0 Å². The number of carbonyl (C=O) groups is 2. The van der Waals surface area contributed by atoms with Crippen molar-refractivity contribution >= 4 is 17.7 Å². The largest absolute Gasteiger partial charge is 0.465 e. The van der Waals surface area contributed by atoms with Crippen molar-refractivity contribution in [2.45, 2.75) is 18.4 Å². The average molecular weight is 221 g/mol. The van der Waals surface area contributed by atoms with Crippen molar-refractivity contribution in [3.63, 3.8) is 0 Å². The van der Waals surface area contributed by atoms with Gasteiger partial charge >= 0.3 is 6.09 Å². The third-order valence-corrected chi connectivity index (χ3v) is 2.45. The molecule has 1 saturated carbocycles. The average Bonchev–Trinajstić information content (AvgIpc) is 2.99. The minimum Gasteiger partial charge on any atom is -0.465 e. The normalized spacial score (nSPS) is 16.2. The van der Waals surface area contributed by atoms with Crippen LogP contribution in [0.15, 0.2) is 24.5 Å². The summed E-state index contributed by atoms with van der Waals surface area (Å²) in [6.45, 7) is 0. The molecule has 1 heterocycles. The zero-order chi connectivity index (χ0) is 11.6. The summed E-state index contributed by atoms with van der Waals surface area (Å²) in [6, 6.07) is 3.39. The number of anilines is 1. The van der Waals surface area contributed by atoms with Crippen molar-refractivity contribution < 1.29 is 14.7 Å². The van der Waals surface area contributed by atoms with Gasteiger partial charge in [0.25, 0.3) is 0 Å². The number of pyridine rings is 1. The highest BCUT2D eigenvalue weighted by atomic mass is 16.4. The SMILES string of the molecule is O=C(O)NC1(C(=O)Nc2cccnc2)CC1. The van der Waals surface area contributed by atoms with Gasteiger partial charge in [-0.05, 0) is 25.0 Å². The minimum absolute atomic E-state index is 0.331. The van der Waals surface area contributed by atoms with Gasteiger partial charge in [-0.3, -0.25) is 9.78 Å². The molecule has 2 rings (SSSR count). The number of carbonyl (C=O) groups excluding carboxylic acids is 1. The Kier molecular flexibility index (Phi) is 2.47. The molecule has 1 aromatic heterocycles. The van der Waals surface area contributed by atoms with Crippen LogP contribution in [-0.2, 0) is 4.79 Å². The van der Waals surface area contributed by atoms with E-state index in [0.717, 1.165) is 0 Å². The molecule has 0 unspecified atom stereocenters. The molecule has 6 nitrogen and oxygen atoms in total. The van der Waals surface area contributed by atoms with Crippen LogP contribution in [0, 0.1) is 0 Å². The number of nitrogens with zero attached hydrogens (tertiary/aromatic N) is 1. The molecule has 2 amide bonds. The molecule has 3 N–H and O–H groups in total. The molecule has 1 aromatic rings. The molecule has 84 valence electrons. The second kappa shape index (κ2) is 3.80. The van der Waals surface area contributed by atoms with Crippen LogP contribution in [0.2, 0.25) is 0 Å². The predicted molar refractivity (Wildman–Crippen MR) is 56.0 cm³/mol. The standard InChI is InChI=1S/C10H11N3O3/c14-8(10(3-4-10)13-9(15)16)12-7-2-1-5-11-6-7/h1-2,5-6,13H,3-4H2,(H,12,14)(H,15,16). The van der Waals surface area contributed by atoms with E-state index in [2.05, 4.69) is 15.6 Å². The summed E-state index contributed by atoms with van der Waals surface area (Å²) in [5.41, 5.74) is -0.382. The fourth-order valence-electron chi connectivity index (χ4n) is 1.43. The van der Waals surface area contributed by atoms with Crippen LogP contribution in [0.1, 0.15) is 12.8 Å². The van der Waals surface area contributed by atoms with Crippen LogP contribution in [-0.4, -0.2) is 27.6 Å². The Labute approximate surface area is 91.7 Å². The van der Waals surface area contributed by atoms with Gasteiger partial charge in [-0.15, -0.1) is 0 Å². The monoisotopic (exact) mass is 221 g/mol. The van der Waals surface area contributed by atoms with Gasteiger partial charge in [0.05, 0.1) is 11.9 Å². The zero-order valence-corrected chi connectivity index (χ0v) is 8.43. The van der Waals surface area contributed by atoms with Crippen molar-refractivity contribution in [3.8, 4) is 0 Å². The first-order valence-electron chi connectivity index (χ1n) is 4.85. The summed E-state index contributed by atoms with van der Waals surface area (Å²) in [7, 11) is 0. The smallest absolute Gasteiger partial charge is 0.405 e. The van der Waals surface area contributed by atoms with E-state index < -0.39 is 11.6 Å². The van der Waals surface area contributed by atoms with Gasteiger partial charge in [-0.25, -0.2) is 4.79 Å². The van der Waals surface area contributed by atoms with Crippen LogP contribution < -0.4 is 10.6 Å². The zero-order valence-electron chi connectivity index (χ0n) is 8.43. The third-order valence-electron chi connectivity index (χ3n) is 2.45. The van der Waals surface area contributed by atoms with Crippen LogP contribution >= 0.6 is 0 Å². The molecule has 0 aliphatic heterocycles. The highest BCUT2D eigenvalue weighted by molar-refractivity contribution is 6.01. The van der Waals surface area contributed by atoms with E-state index in [1.165, 1.54) is 6.20 Å². The fourth-order valence-corrected chi connectivity index (χ4v) is 1.43. The molecule has 0 atom stereocenters. The third kappa shape index (κ3) is 2.10. The second-order valence-electron chi connectivity index (χ2n) is 3.71. The summed E-state index contributed by atoms with van der Waals surface area (Å²) in [6.07, 6.45) is 2.99. The van der Waals surface area contributed by atoms with Crippen molar-refractivity contribution in [1.29, 1.82) is 0 Å². The maximum Gasteiger partial charge on any atom is 0.405 e. The Hall–Kier alpha value is -2.11. The molecular weight excluding hydrogens is 210 g/mol. The maximum atomic E-state index is 11.8. The van der Waals surface area contributed by atoms with E-state index in [1.807, 2.05) is 0 Å². The first kappa shape index (κ1) is 10.4. The lowest BCUT2D eigenvalue weighted by Gasteiger charge is -2.14. The molecule has 0 spiro atoms. The van der Waals surface area contributed by atoms with E-state index in [4.69, 9.17) is 5.11 Å². The highest BCUT2D eigenvalue weighted by Gasteiger charge is 2.51. The predicted octanol–water partition coefficient (Wildman–Crippen LogP) is 0.820. The summed E-state index contributed by atoms with van der Waals surface area (Å²) in [5, 5.41) is 13.5. The van der Waals surface area contributed by atoms with Gasteiger partial charge in [0.1, 0.15) is 5.54 Å². The van der Waals surface area contributed by atoms with Crippen LogP contribution in [0.3, 0.4) is 0 Å². The van der Waals surface area contributed by atoms with E-state index in [0.29, 0.717) is 18.5 Å².